The van der Waals surface area contributed by atoms with Crippen molar-refractivity contribution in [1.29, 1.82) is 0 Å². The van der Waals surface area contributed by atoms with Crippen LogP contribution in [0.1, 0.15) is 142 Å². The zero-order valence-corrected chi connectivity index (χ0v) is 38.9. The largest absolute Gasteiger partial charge is 0.481 e. The number of ether oxygens (including phenoxy) is 1. The normalized spacial score (nSPS) is 22.3. The van der Waals surface area contributed by atoms with Crippen LogP contribution in [-0.4, -0.2) is 106 Å². The highest BCUT2D eigenvalue weighted by Gasteiger charge is 2.87. The first-order valence-corrected chi connectivity index (χ1v) is 22.8. The van der Waals surface area contributed by atoms with Crippen molar-refractivity contribution in [3.63, 3.8) is 0 Å². The number of aliphatic hydroxyl groups is 4. The minimum Gasteiger partial charge on any atom is -0.481 e. The van der Waals surface area contributed by atoms with E-state index in [1.807, 2.05) is 0 Å². The maximum absolute atomic E-state index is 11.7. The number of esters is 2. The molecule has 0 aromatic heterocycles. The Balaban J connectivity index is 0.000000804. The third-order valence-corrected chi connectivity index (χ3v) is 14.7. The predicted molar refractivity (Wildman–Crippen MR) is 234 cm³/mol. The fourth-order valence-corrected chi connectivity index (χ4v) is 9.46. The number of carboxylic acid groups (broad SMARTS) is 3. The van der Waals surface area contributed by atoms with Crippen molar-refractivity contribution in [1.82, 2.24) is 0 Å². The van der Waals surface area contributed by atoms with E-state index in [9.17, 15) is 24.0 Å². The lowest BCUT2D eigenvalue weighted by Crippen LogP contribution is -2.47. The number of allylic oxidation sites excluding steroid dienone is 4. The van der Waals surface area contributed by atoms with E-state index in [1.54, 1.807) is 0 Å². The van der Waals surface area contributed by atoms with E-state index < -0.39 is 87.6 Å². The van der Waals surface area contributed by atoms with Crippen molar-refractivity contribution in [2.75, 3.05) is 26.4 Å². The van der Waals surface area contributed by atoms with Gasteiger partial charge < -0.3 is 40.5 Å². The first-order chi connectivity index (χ1) is 28.3. The van der Waals surface area contributed by atoms with Gasteiger partial charge in [-0.25, -0.2) is 0 Å². The van der Waals surface area contributed by atoms with Gasteiger partial charge in [0.15, 0.2) is 4.33 Å². The van der Waals surface area contributed by atoms with Crippen molar-refractivity contribution < 1.29 is 64.5 Å². The highest BCUT2D eigenvalue weighted by molar-refractivity contribution is 6.66. The molecular formula is C41H64Cl6O13. The van der Waals surface area contributed by atoms with Gasteiger partial charge in [0.1, 0.15) is 21.6 Å². The SMILES string of the molecule is CCCCCCCC/C=C/CCCCCCCC(=O)O.O=C(O)CCCCCCCC(=O)O.O=C1OC(=O)C2C1C1(Cl)C(Cl)=C(Cl)C2(Cl)C1(Cl)Cl.OCC(CO)(CO)CO. The second-order valence-corrected chi connectivity index (χ2v) is 18.5. The molecule has 1 saturated heterocycles. The van der Waals surface area contributed by atoms with E-state index in [2.05, 4.69) is 23.8 Å². The first kappa shape index (κ1) is 58.6. The highest BCUT2D eigenvalue weighted by atomic mass is 35.5. The Kier molecular flexibility index (Phi) is 29.9. The Labute approximate surface area is 383 Å². The maximum atomic E-state index is 11.7. The van der Waals surface area contributed by atoms with E-state index in [1.165, 1.54) is 70.6 Å². The van der Waals surface area contributed by atoms with Crippen LogP contribution in [0.2, 0.25) is 0 Å². The average molecular weight is 978 g/mol. The smallest absolute Gasteiger partial charge is 0.319 e. The second kappa shape index (κ2) is 30.7. The molecule has 2 aliphatic carbocycles. The summed E-state index contributed by atoms with van der Waals surface area (Å²) in [6, 6.07) is 0. The lowest BCUT2D eigenvalue weighted by molar-refractivity contribution is -0.154. The molecule has 0 amide bonds. The molecule has 13 nitrogen and oxygen atoms in total. The fourth-order valence-electron chi connectivity index (χ4n) is 6.54. The van der Waals surface area contributed by atoms with Gasteiger partial charge in [0, 0.05) is 19.3 Å². The minimum atomic E-state index is -1.89. The molecule has 4 unspecified atom stereocenters. The van der Waals surface area contributed by atoms with E-state index >= 15 is 0 Å². The Hall–Kier alpha value is -1.39. The van der Waals surface area contributed by atoms with Crippen LogP contribution in [0, 0.1) is 17.3 Å². The van der Waals surface area contributed by atoms with Gasteiger partial charge >= 0.3 is 29.8 Å². The molecule has 4 atom stereocenters. The molecule has 7 N–H and O–H groups in total. The van der Waals surface area contributed by atoms with Crippen LogP contribution >= 0.6 is 69.6 Å². The van der Waals surface area contributed by atoms with E-state index in [0.29, 0.717) is 19.3 Å². The van der Waals surface area contributed by atoms with Crippen LogP contribution in [0.15, 0.2) is 22.2 Å². The number of cyclic esters (lactones) is 2. The lowest BCUT2D eigenvalue weighted by Gasteiger charge is -2.32. The molecule has 60 heavy (non-hydrogen) atoms. The summed E-state index contributed by atoms with van der Waals surface area (Å²) in [5.41, 5.74) is -1.11. The third-order valence-electron chi connectivity index (χ3n) is 10.4. The lowest BCUT2D eigenvalue weighted by atomic mass is 9.84. The first-order valence-electron chi connectivity index (χ1n) is 20.6. The van der Waals surface area contributed by atoms with Crippen molar-refractivity contribution in [2.24, 2.45) is 17.3 Å². The molecule has 2 bridgehead atoms. The number of hydrogen-bond donors (Lipinski definition) is 7. The highest BCUT2D eigenvalue weighted by Crippen LogP contribution is 2.77. The number of rotatable bonds is 27. The molecule has 1 aliphatic heterocycles. The second-order valence-electron chi connectivity index (χ2n) is 15.2. The van der Waals surface area contributed by atoms with Crippen LogP contribution in [-0.2, 0) is 28.7 Å². The molecule has 0 aromatic rings. The summed E-state index contributed by atoms with van der Waals surface area (Å²) in [7, 11) is 0. The summed E-state index contributed by atoms with van der Waals surface area (Å²) in [5.74, 6) is -6.17. The van der Waals surface area contributed by atoms with E-state index in [0.717, 1.165) is 32.1 Å². The van der Waals surface area contributed by atoms with Crippen molar-refractivity contribution in [3.05, 3.63) is 22.2 Å². The molecule has 1 saturated carbocycles. The van der Waals surface area contributed by atoms with E-state index in [-0.39, 0.29) is 22.9 Å². The fraction of sp³-hybridized carbons (Fsp3) is 0.780. The number of alkyl halides is 4. The molecule has 3 rings (SSSR count). The van der Waals surface area contributed by atoms with Crippen LogP contribution in [0.5, 0.6) is 0 Å². The van der Waals surface area contributed by atoms with Crippen LogP contribution in [0.4, 0.5) is 0 Å². The monoisotopic (exact) mass is 974 g/mol. The molecule has 0 aromatic carbocycles. The minimum absolute atomic E-state index is 0.126. The Morgan fingerprint density at radius 3 is 1.10 bits per heavy atom. The van der Waals surface area contributed by atoms with Crippen molar-refractivity contribution in [3.8, 4) is 0 Å². The Morgan fingerprint density at radius 1 is 0.550 bits per heavy atom. The molecule has 0 spiro atoms. The van der Waals surface area contributed by atoms with Crippen LogP contribution in [0.3, 0.4) is 0 Å². The number of aliphatic hydroxyl groups excluding tert-OH is 4. The van der Waals surface area contributed by atoms with Crippen LogP contribution in [0.25, 0.3) is 0 Å². The van der Waals surface area contributed by atoms with Crippen molar-refractivity contribution >= 4 is 99.5 Å². The van der Waals surface area contributed by atoms with Gasteiger partial charge in [0.25, 0.3) is 0 Å². The number of halogens is 6. The van der Waals surface area contributed by atoms with Gasteiger partial charge in [-0.3, -0.25) is 24.0 Å². The van der Waals surface area contributed by atoms with Gasteiger partial charge in [-0.05, 0) is 44.9 Å². The number of hydrogen-bond acceptors (Lipinski definition) is 10. The summed E-state index contributed by atoms with van der Waals surface area (Å²) < 4.78 is 2.63. The standard InChI is InChI=1S/C18H34O2.C9H2Cl6O3.C9H16O4.C5H12O4/c1-2-3-4-5-6-7-8-9-10-11-12-13-14-15-16-17-18(19)20;10-3-4(11)8(13)2-1(5(16)18-6(2)17)7(3,12)9(8,14)15;10-8(11)6-4-2-1-3-5-7-9(12)13;6-1-5(2-7,3-8)4-9/h9-10H,2-8,11-17H2,1H3,(H,19,20);1-2H;1-7H2,(H,10,11)(H,12,13);6-9H,1-4H2/b10-9+;;;. The molecular weight excluding hydrogens is 913 g/mol. The summed E-state index contributed by atoms with van der Waals surface area (Å²) in [5, 5.41) is 58.9. The van der Waals surface area contributed by atoms with Crippen molar-refractivity contribution in [2.45, 2.75) is 156 Å². The molecule has 2 fully saturated rings. The van der Waals surface area contributed by atoms with Gasteiger partial charge in [-0.15, -0.1) is 23.2 Å². The van der Waals surface area contributed by atoms with Gasteiger partial charge in [-0.2, -0.15) is 0 Å². The molecule has 3 aliphatic rings. The Morgan fingerprint density at radius 2 is 0.833 bits per heavy atom. The topological polar surface area (TPSA) is 236 Å². The number of carbonyl (C=O) groups is 5. The third kappa shape index (κ3) is 17.6. The summed E-state index contributed by atoms with van der Waals surface area (Å²) >= 11 is 36.9. The summed E-state index contributed by atoms with van der Waals surface area (Å²) in [6.45, 7) is 0.634. The summed E-state index contributed by atoms with van der Waals surface area (Å²) in [6.07, 6.45) is 25.8. The zero-order chi connectivity index (χ0) is 46.0. The number of unbranched alkanes of at least 4 members (excludes halogenated alkanes) is 15. The Bertz CT molecular complexity index is 1310. The molecule has 0 radical (unpaired) electrons. The van der Waals surface area contributed by atoms with Gasteiger partial charge in [-0.1, -0.05) is 136 Å². The number of fused-ring (bicyclic) bond motifs is 5. The number of aliphatic carboxylic acids is 3. The molecule has 1 heterocycles. The maximum Gasteiger partial charge on any atom is 0.319 e. The van der Waals surface area contributed by atoms with E-state index in [4.69, 9.17) is 105 Å². The predicted octanol–water partition coefficient (Wildman–Crippen LogP) is 9.08. The van der Waals surface area contributed by atoms with Gasteiger partial charge in [0.2, 0.25) is 0 Å². The number of carbonyl (C=O) groups excluding carboxylic acids is 2. The number of carboxylic acids is 3. The van der Waals surface area contributed by atoms with Crippen LogP contribution < -0.4 is 0 Å². The average Bonchev–Trinajstić information content (AvgIpc) is 3.63. The zero-order valence-electron chi connectivity index (χ0n) is 34.3. The molecule has 348 valence electrons. The van der Waals surface area contributed by atoms with Gasteiger partial charge in [0.05, 0.1) is 41.9 Å². The molecule has 19 heteroatoms. The quantitative estimate of drug-likeness (QED) is 0.0134. The summed E-state index contributed by atoms with van der Waals surface area (Å²) in [4.78, 5) is 50.4.